The van der Waals surface area contributed by atoms with Crippen LogP contribution in [0.4, 0.5) is 0 Å². The van der Waals surface area contributed by atoms with Crippen LogP contribution in [0.1, 0.15) is 15.9 Å². The van der Waals surface area contributed by atoms with Crippen molar-refractivity contribution in [2.75, 3.05) is 18.9 Å². The normalized spacial score (nSPS) is 10.5. The molecule has 6 nitrogen and oxygen atoms in total. The van der Waals surface area contributed by atoms with Crippen LogP contribution in [0.15, 0.2) is 60.9 Å². The van der Waals surface area contributed by atoms with Crippen LogP contribution in [-0.2, 0) is 15.3 Å². The number of carbonyl (C=O) groups excluding carboxylic acids is 2. The standard InChI is InChI=1S/C20H19N3O3S/c24-19(23-10-11-27-14-15-4-2-1-3-5-15)13-26-20(25)16-6-7-17-18(12-16)22-9-8-21-17/h1-9,12H,10-11,13-14H2,(H,23,24). The summed E-state index contributed by atoms with van der Waals surface area (Å²) in [4.78, 5) is 32.2. The van der Waals surface area contributed by atoms with Gasteiger partial charge in [-0.2, -0.15) is 11.8 Å². The van der Waals surface area contributed by atoms with Crippen molar-refractivity contribution in [2.45, 2.75) is 5.75 Å². The van der Waals surface area contributed by atoms with Gasteiger partial charge in [-0.15, -0.1) is 0 Å². The van der Waals surface area contributed by atoms with Crippen LogP contribution >= 0.6 is 11.8 Å². The lowest BCUT2D eigenvalue weighted by atomic mass is 10.2. The van der Waals surface area contributed by atoms with Crippen LogP contribution in [0.25, 0.3) is 11.0 Å². The summed E-state index contributed by atoms with van der Waals surface area (Å²) in [7, 11) is 0. The van der Waals surface area contributed by atoms with Crippen LogP contribution in [0.5, 0.6) is 0 Å². The number of nitrogens with one attached hydrogen (secondary N) is 1. The number of rotatable bonds is 8. The van der Waals surface area contributed by atoms with Gasteiger partial charge in [0.15, 0.2) is 6.61 Å². The smallest absolute Gasteiger partial charge is 0.338 e. The van der Waals surface area contributed by atoms with Gasteiger partial charge in [-0.1, -0.05) is 30.3 Å². The first-order chi connectivity index (χ1) is 13.2. The molecule has 1 aromatic heterocycles. The molecule has 1 heterocycles. The molecule has 0 saturated heterocycles. The first-order valence-corrected chi connectivity index (χ1v) is 9.64. The van der Waals surface area contributed by atoms with E-state index < -0.39 is 5.97 Å². The molecule has 0 saturated carbocycles. The highest BCUT2D eigenvalue weighted by Crippen LogP contribution is 2.12. The second kappa shape index (κ2) is 9.68. The number of aromatic nitrogens is 2. The number of hydrogen-bond acceptors (Lipinski definition) is 6. The van der Waals surface area contributed by atoms with E-state index in [9.17, 15) is 9.59 Å². The van der Waals surface area contributed by atoms with Crippen molar-refractivity contribution in [3.63, 3.8) is 0 Å². The Balaban J connectivity index is 1.36. The molecule has 0 aliphatic heterocycles. The van der Waals surface area contributed by atoms with E-state index in [0.717, 1.165) is 11.5 Å². The molecule has 1 N–H and O–H groups in total. The summed E-state index contributed by atoms with van der Waals surface area (Å²) in [5.74, 6) is 0.814. The maximum absolute atomic E-state index is 12.1. The van der Waals surface area contributed by atoms with Crippen LogP contribution in [-0.4, -0.2) is 40.7 Å². The second-order valence-electron chi connectivity index (χ2n) is 5.72. The largest absolute Gasteiger partial charge is 0.452 e. The Morgan fingerprint density at radius 1 is 1.00 bits per heavy atom. The van der Waals surface area contributed by atoms with E-state index in [1.807, 2.05) is 18.2 Å². The zero-order valence-corrected chi connectivity index (χ0v) is 15.4. The van der Waals surface area contributed by atoms with Crippen LogP contribution < -0.4 is 5.32 Å². The van der Waals surface area contributed by atoms with Gasteiger partial charge in [0, 0.05) is 30.4 Å². The number of ether oxygens (including phenoxy) is 1. The Kier molecular flexibility index (Phi) is 6.76. The molecule has 0 aliphatic rings. The molecule has 0 aliphatic carbocycles. The van der Waals surface area contributed by atoms with E-state index >= 15 is 0 Å². The minimum Gasteiger partial charge on any atom is -0.452 e. The molecule has 7 heteroatoms. The molecule has 0 bridgehead atoms. The van der Waals surface area contributed by atoms with Gasteiger partial charge in [0.25, 0.3) is 5.91 Å². The summed E-state index contributed by atoms with van der Waals surface area (Å²) in [5, 5.41) is 2.75. The van der Waals surface area contributed by atoms with Gasteiger partial charge < -0.3 is 10.1 Å². The lowest BCUT2D eigenvalue weighted by Gasteiger charge is -2.07. The van der Waals surface area contributed by atoms with Gasteiger partial charge in [0.05, 0.1) is 16.6 Å². The van der Waals surface area contributed by atoms with Gasteiger partial charge in [0.2, 0.25) is 0 Å². The molecule has 1 amide bonds. The average Bonchev–Trinajstić information content (AvgIpc) is 2.72. The van der Waals surface area contributed by atoms with Crippen molar-refractivity contribution < 1.29 is 14.3 Å². The fourth-order valence-electron chi connectivity index (χ4n) is 2.38. The summed E-state index contributed by atoms with van der Waals surface area (Å²) in [6.45, 7) is 0.222. The van der Waals surface area contributed by atoms with E-state index in [1.165, 1.54) is 5.56 Å². The van der Waals surface area contributed by atoms with E-state index in [-0.39, 0.29) is 12.5 Å². The summed E-state index contributed by atoms with van der Waals surface area (Å²) in [5.41, 5.74) is 2.89. The molecule has 0 fully saturated rings. The Hall–Kier alpha value is -2.93. The van der Waals surface area contributed by atoms with Crippen molar-refractivity contribution >= 4 is 34.7 Å². The quantitative estimate of drug-likeness (QED) is 0.477. The van der Waals surface area contributed by atoms with E-state index in [4.69, 9.17) is 4.74 Å². The SMILES string of the molecule is O=C(COC(=O)c1ccc2nccnc2c1)NCCSCc1ccccc1. The molecule has 0 spiro atoms. The van der Waals surface area contributed by atoms with E-state index in [1.54, 1.807) is 42.4 Å². The molecule has 3 aromatic rings. The first-order valence-electron chi connectivity index (χ1n) is 8.48. The molecule has 27 heavy (non-hydrogen) atoms. The number of thioether (sulfide) groups is 1. The third-order valence-corrected chi connectivity index (χ3v) is 4.75. The molecule has 0 unspecified atom stereocenters. The molecule has 2 aromatic carbocycles. The predicted molar refractivity (Wildman–Crippen MR) is 105 cm³/mol. The summed E-state index contributed by atoms with van der Waals surface area (Å²) < 4.78 is 5.06. The number of benzene rings is 2. The van der Waals surface area contributed by atoms with Crippen molar-refractivity contribution in [2.24, 2.45) is 0 Å². The fourth-order valence-corrected chi connectivity index (χ4v) is 3.20. The second-order valence-corrected chi connectivity index (χ2v) is 6.83. The maximum Gasteiger partial charge on any atom is 0.338 e. The number of fused-ring (bicyclic) bond motifs is 1. The monoisotopic (exact) mass is 381 g/mol. The Labute approximate surface area is 161 Å². The predicted octanol–water partition coefficient (Wildman–Crippen LogP) is 2.84. The topological polar surface area (TPSA) is 81.2 Å². The van der Waals surface area contributed by atoms with Gasteiger partial charge in [-0.3, -0.25) is 14.8 Å². The molecule has 0 radical (unpaired) electrons. The minimum absolute atomic E-state index is 0.305. The zero-order chi connectivity index (χ0) is 18.9. The molecular formula is C20H19N3O3S. The Morgan fingerprint density at radius 3 is 2.59 bits per heavy atom. The third-order valence-electron chi connectivity index (χ3n) is 3.72. The number of hydrogen-bond donors (Lipinski definition) is 1. The van der Waals surface area contributed by atoms with Gasteiger partial charge in [-0.05, 0) is 23.8 Å². The number of esters is 1. The Morgan fingerprint density at radius 2 is 1.78 bits per heavy atom. The van der Waals surface area contributed by atoms with E-state index in [0.29, 0.717) is 23.1 Å². The van der Waals surface area contributed by atoms with Crippen LogP contribution in [0, 0.1) is 0 Å². The highest BCUT2D eigenvalue weighted by atomic mass is 32.2. The van der Waals surface area contributed by atoms with Gasteiger partial charge in [0.1, 0.15) is 0 Å². The third kappa shape index (κ3) is 5.79. The number of carbonyl (C=O) groups is 2. The lowest BCUT2D eigenvalue weighted by Crippen LogP contribution is -2.30. The Bertz CT molecular complexity index is 919. The van der Waals surface area contributed by atoms with E-state index in [2.05, 4.69) is 27.4 Å². The average molecular weight is 381 g/mol. The summed E-state index contributed by atoms with van der Waals surface area (Å²) in [6.07, 6.45) is 3.14. The first kappa shape index (κ1) is 18.8. The zero-order valence-electron chi connectivity index (χ0n) is 14.6. The number of amides is 1. The summed E-state index contributed by atoms with van der Waals surface area (Å²) in [6, 6.07) is 15.1. The highest BCUT2D eigenvalue weighted by molar-refractivity contribution is 7.98. The lowest BCUT2D eigenvalue weighted by molar-refractivity contribution is -0.124. The highest BCUT2D eigenvalue weighted by Gasteiger charge is 2.11. The van der Waals surface area contributed by atoms with Crippen LogP contribution in [0.2, 0.25) is 0 Å². The van der Waals surface area contributed by atoms with Crippen molar-refractivity contribution in [1.82, 2.24) is 15.3 Å². The summed E-state index contributed by atoms with van der Waals surface area (Å²) >= 11 is 1.74. The number of nitrogens with zero attached hydrogens (tertiary/aromatic N) is 2. The minimum atomic E-state index is -0.559. The van der Waals surface area contributed by atoms with Gasteiger partial charge >= 0.3 is 5.97 Å². The fraction of sp³-hybridized carbons (Fsp3) is 0.200. The van der Waals surface area contributed by atoms with Crippen LogP contribution in [0.3, 0.4) is 0 Å². The van der Waals surface area contributed by atoms with Gasteiger partial charge in [-0.25, -0.2) is 4.79 Å². The molecule has 138 valence electrons. The van der Waals surface area contributed by atoms with Crippen molar-refractivity contribution in [3.05, 3.63) is 72.1 Å². The maximum atomic E-state index is 12.1. The van der Waals surface area contributed by atoms with Crippen molar-refractivity contribution in [3.8, 4) is 0 Å². The molecule has 0 atom stereocenters. The molecular weight excluding hydrogens is 362 g/mol. The van der Waals surface area contributed by atoms with Crippen molar-refractivity contribution in [1.29, 1.82) is 0 Å². The molecule has 3 rings (SSSR count).